The van der Waals surface area contributed by atoms with Crippen LogP contribution in [0, 0.1) is 11.8 Å². The fraction of sp³-hybridized carbons (Fsp3) is 0.636. The molecule has 0 N–H and O–H groups in total. The third-order valence-corrected chi connectivity index (χ3v) is 6.27. The van der Waals surface area contributed by atoms with Crippen molar-refractivity contribution in [3.8, 4) is 0 Å². The van der Waals surface area contributed by atoms with Gasteiger partial charge in [0.1, 0.15) is 0 Å². The summed E-state index contributed by atoms with van der Waals surface area (Å²) in [4.78, 5) is 0. The second-order valence-electron chi connectivity index (χ2n) is 7.53. The van der Waals surface area contributed by atoms with Crippen molar-refractivity contribution in [1.29, 1.82) is 0 Å². The molecule has 0 amide bonds. The predicted molar refractivity (Wildman–Crippen MR) is 97.0 cm³/mol. The zero-order valence-corrected chi connectivity index (χ0v) is 14.5. The Morgan fingerprint density at radius 3 is 2.05 bits per heavy atom. The molecule has 0 heterocycles. The third-order valence-electron chi connectivity index (χ3n) is 6.27. The molecule has 0 aliphatic heterocycles. The maximum Gasteiger partial charge on any atom is -0.0162 e. The van der Waals surface area contributed by atoms with E-state index >= 15 is 0 Å². The summed E-state index contributed by atoms with van der Waals surface area (Å²) < 4.78 is 0. The van der Waals surface area contributed by atoms with Gasteiger partial charge >= 0.3 is 0 Å². The molecule has 1 aromatic carbocycles. The Hall–Kier alpha value is -1.04. The highest BCUT2D eigenvalue weighted by atomic mass is 14.3. The van der Waals surface area contributed by atoms with Crippen molar-refractivity contribution in [3.05, 3.63) is 41.5 Å². The van der Waals surface area contributed by atoms with Gasteiger partial charge in [0.2, 0.25) is 0 Å². The minimum absolute atomic E-state index is 0.821. The third kappa shape index (κ3) is 3.65. The van der Waals surface area contributed by atoms with E-state index in [2.05, 4.69) is 44.2 Å². The van der Waals surface area contributed by atoms with E-state index in [1.165, 1.54) is 63.4 Å². The summed E-state index contributed by atoms with van der Waals surface area (Å²) >= 11 is 0. The van der Waals surface area contributed by atoms with Crippen molar-refractivity contribution in [2.45, 2.75) is 77.6 Å². The van der Waals surface area contributed by atoms with Crippen LogP contribution in [0.2, 0.25) is 0 Å². The monoisotopic (exact) mass is 296 g/mol. The molecule has 1 saturated carbocycles. The van der Waals surface area contributed by atoms with Crippen LogP contribution < -0.4 is 0 Å². The second-order valence-corrected chi connectivity index (χ2v) is 7.53. The molecule has 3 rings (SSSR count). The first-order chi connectivity index (χ1) is 10.8. The average Bonchev–Trinajstić information content (AvgIpc) is 2.62. The van der Waals surface area contributed by atoms with Crippen molar-refractivity contribution >= 4 is 5.57 Å². The smallest absolute Gasteiger partial charge is 0.0162 e. The summed E-state index contributed by atoms with van der Waals surface area (Å²) in [6.45, 7) is 4.67. The van der Waals surface area contributed by atoms with Crippen LogP contribution >= 0.6 is 0 Å². The number of benzene rings is 1. The topological polar surface area (TPSA) is 0 Å². The second kappa shape index (κ2) is 7.49. The normalized spacial score (nSPS) is 29.2. The van der Waals surface area contributed by atoms with Gasteiger partial charge in [-0.1, -0.05) is 57.0 Å². The zero-order valence-electron chi connectivity index (χ0n) is 14.5. The Bertz CT molecular complexity index is 485. The van der Waals surface area contributed by atoms with Crippen LogP contribution in [-0.2, 0) is 0 Å². The molecule has 0 radical (unpaired) electrons. The van der Waals surface area contributed by atoms with Crippen molar-refractivity contribution in [3.63, 3.8) is 0 Å². The van der Waals surface area contributed by atoms with Crippen molar-refractivity contribution in [2.75, 3.05) is 0 Å². The summed E-state index contributed by atoms with van der Waals surface area (Å²) in [5, 5.41) is 0. The van der Waals surface area contributed by atoms with E-state index < -0.39 is 0 Å². The minimum Gasteiger partial charge on any atom is -0.0804 e. The van der Waals surface area contributed by atoms with Gasteiger partial charge in [0, 0.05) is 0 Å². The fourth-order valence-corrected chi connectivity index (χ4v) is 4.39. The molecule has 1 atom stereocenters. The Kier molecular flexibility index (Phi) is 5.39. The summed E-state index contributed by atoms with van der Waals surface area (Å²) in [5.41, 5.74) is 4.65. The summed E-state index contributed by atoms with van der Waals surface area (Å²) in [5.74, 6) is 2.74. The van der Waals surface area contributed by atoms with Crippen LogP contribution in [0.5, 0.6) is 0 Å². The molecule has 0 spiro atoms. The lowest BCUT2D eigenvalue weighted by Crippen LogP contribution is -2.12. The molecule has 0 saturated heterocycles. The van der Waals surface area contributed by atoms with E-state index in [-0.39, 0.29) is 0 Å². The van der Waals surface area contributed by atoms with Gasteiger partial charge in [-0.3, -0.25) is 0 Å². The molecule has 22 heavy (non-hydrogen) atoms. The molecule has 2 aliphatic rings. The van der Waals surface area contributed by atoms with E-state index in [4.69, 9.17) is 0 Å². The number of hydrogen-bond donors (Lipinski definition) is 0. The lowest BCUT2D eigenvalue weighted by Gasteiger charge is -2.28. The van der Waals surface area contributed by atoms with Gasteiger partial charge in [0.05, 0.1) is 0 Å². The Balaban J connectivity index is 1.62. The minimum atomic E-state index is 0.821. The molecule has 0 nitrogen and oxygen atoms in total. The van der Waals surface area contributed by atoms with Crippen molar-refractivity contribution in [1.82, 2.24) is 0 Å². The molecule has 0 aromatic heterocycles. The maximum atomic E-state index is 2.50. The average molecular weight is 296 g/mol. The predicted octanol–water partition coefficient (Wildman–Crippen LogP) is 6.96. The van der Waals surface area contributed by atoms with E-state index in [1.807, 2.05) is 0 Å². The van der Waals surface area contributed by atoms with Crippen molar-refractivity contribution in [2.24, 2.45) is 11.8 Å². The lowest BCUT2D eigenvalue weighted by molar-refractivity contribution is 0.319. The largest absolute Gasteiger partial charge is 0.0804 e. The molecule has 0 heteroatoms. The standard InChI is InChI=1S/C22H32/c1-3-17-5-9-19(10-6-17)21-13-15-22(16-14-21)20-11-7-18(4-2)8-12-20/h9,13-18,20H,3-8,10-12H2,1-2H3. The highest BCUT2D eigenvalue weighted by Crippen LogP contribution is 2.38. The van der Waals surface area contributed by atoms with Gasteiger partial charge in [-0.15, -0.1) is 0 Å². The van der Waals surface area contributed by atoms with Gasteiger partial charge < -0.3 is 0 Å². The molecule has 0 bridgehead atoms. The van der Waals surface area contributed by atoms with Crippen molar-refractivity contribution < 1.29 is 0 Å². The first-order valence-corrected chi connectivity index (χ1v) is 9.59. The molecule has 120 valence electrons. The quantitative estimate of drug-likeness (QED) is 0.563. The zero-order chi connectivity index (χ0) is 15.4. The van der Waals surface area contributed by atoms with Gasteiger partial charge in [-0.2, -0.15) is 0 Å². The molecule has 1 unspecified atom stereocenters. The molecule has 1 fully saturated rings. The maximum absolute atomic E-state index is 2.50. The Morgan fingerprint density at radius 1 is 0.818 bits per heavy atom. The highest BCUT2D eigenvalue weighted by molar-refractivity contribution is 5.66. The van der Waals surface area contributed by atoms with Crippen LogP contribution in [0.4, 0.5) is 0 Å². The highest BCUT2D eigenvalue weighted by Gasteiger charge is 2.21. The first kappa shape index (κ1) is 15.8. The Morgan fingerprint density at radius 2 is 1.50 bits per heavy atom. The summed E-state index contributed by atoms with van der Waals surface area (Å²) in [7, 11) is 0. The van der Waals surface area contributed by atoms with Gasteiger partial charge in [0.25, 0.3) is 0 Å². The van der Waals surface area contributed by atoms with Crippen LogP contribution in [0.1, 0.15) is 88.7 Å². The van der Waals surface area contributed by atoms with Gasteiger partial charge in [-0.25, -0.2) is 0 Å². The number of allylic oxidation sites excluding steroid dienone is 2. The SMILES string of the molecule is CCC1CC=C(c2ccc(C3CCC(CC)CC3)cc2)CC1. The molecule has 2 aliphatic carbocycles. The summed E-state index contributed by atoms with van der Waals surface area (Å²) in [6.07, 6.45) is 14.8. The van der Waals surface area contributed by atoms with Crippen LogP contribution in [0.25, 0.3) is 5.57 Å². The van der Waals surface area contributed by atoms with Crippen LogP contribution in [0.3, 0.4) is 0 Å². The fourth-order valence-electron chi connectivity index (χ4n) is 4.39. The summed E-state index contributed by atoms with van der Waals surface area (Å²) in [6, 6.07) is 9.61. The van der Waals surface area contributed by atoms with Gasteiger partial charge in [-0.05, 0) is 79.4 Å². The lowest BCUT2D eigenvalue weighted by atomic mass is 9.77. The van der Waals surface area contributed by atoms with Crippen LogP contribution in [0.15, 0.2) is 30.3 Å². The van der Waals surface area contributed by atoms with Crippen LogP contribution in [-0.4, -0.2) is 0 Å². The number of hydrogen-bond acceptors (Lipinski definition) is 0. The van der Waals surface area contributed by atoms with E-state index in [0.717, 1.165) is 17.8 Å². The van der Waals surface area contributed by atoms with Gasteiger partial charge in [0.15, 0.2) is 0 Å². The molecular formula is C22H32. The molecule has 1 aromatic rings. The number of rotatable bonds is 4. The first-order valence-electron chi connectivity index (χ1n) is 9.59. The van der Waals surface area contributed by atoms with E-state index in [0.29, 0.717) is 0 Å². The van der Waals surface area contributed by atoms with E-state index in [9.17, 15) is 0 Å². The molecular weight excluding hydrogens is 264 g/mol. The van der Waals surface area contributed by atoms with E-state index in [1.54, 1.807) is 11.1 Å². The Labute approximate surface area is 137 Å².